The first-order valence-electron chi connectivity index (χ1n) is 8.97. The zero-order chi connectivity index (χ0) is 21.4. The molecule has 29 heavy (non-hydrogen) atoms. The first-order valence-corrected chi connectivity index (χ1v) is 12.0. The summed E-state index contributed by atoms with van der Waals surface area (Å²) in [6.07, 6.45) is 0.570. The fraction of sp³-hybridized carbons (Fsp3) is 0.316. The SMILES string of the molecule is Cc1ccc(N2CCCS2(=O)=O)cc1NC(=O)c1ccc(S(=O)(=O)N(C)C)cc1. The Bertz CT molecular complexity index is 1140. The third-order valence-electron chi connectivity index (χ3n) is 4.75. The van der Waals surface area contributed by atoms with E-state index in [2.05, 4.69) is 5.32 Å². The fourth-order valence-corrected chi connectivity index (χ4v) is 5.47. The molecule has 1 amide bonds. The average Bonchev–Trinajstić information content (AvgIpc) is 3.02. The van der Waals surface area contributed by atoms with Gasteiger partial charge in [-0.05, 0) is 55.3 Å². The second kappa shape index (κ2) is 7.77. The van der Waals surface area contributed by atoms with Crippen LogP contribution in [0.1, 0.15) is 22.3 Å². The number of anilines is 2. The van der Waals surface area contributed by atoms with Crippen molar-refractivity contribution in [2.45, 2.75) is 18.2 Å². The van der Waals surface area contributed by atoms with E-state index >= 15 is 0 Å². The molecule has 1 N–H and O–H groups in total. The van der Waals surface area contributed by atoms with E-state index in [1.54, 1.807) is 18.2 Å². The van der Waals surface area contributed by atoms with Gasteiger partial charge in [0.15, 0.2) is 0 Å². The number of hydrogen-bond donors (Lipinski definition) is 1. The van der Waals surface area contributed by atoms with Gasteiger partial charge in [0.2, 0.25) is 20.0 Å². The lowest BCUT2D eigenvalue weighted by Crippen LogP contribution is -2.25. The van der Waals surface area contributed by atoms with E-state index in [9.17, 15) is 21.6 Å². The lowest BCUT2D eigenvalue weighted by Gasteiger charge is -2.19. The molecular weight excluding hydrogens is 414 g/mol. The number of aryl methyl sites for hydroxylation is 1. The van der Waals surface area contributed by atoms with E-state index in [1.807, 2.05) is 6.92 Å². The van der Waals surface area contributed by atoms with Crippen LogP contribution in [0.3, 0.4) is 0 Å². The van der Waals surface area contributed by atoms with Crippen LogP contribution in [-0.4, -0.2) is 53.4 Å². The summed E-state index contributed by atoms with van der Waals surface area (Å²) in [5, 5.41) is 2.78. The normalized spacial score (nSPS) is 16.2. The van der Waals surface area contributed by atoms with Crippen molar-refractivity contribution in [3.8, 4) is 0 Å². The van der Waals surface area contributed by atoms with Gasteiger partial charge in [-0.1, -0.05) is 6.07 Å². The van der Waals surface area contributed by atoms with E-state index in [1.165, 1.54) is 42.7 Å². The van der Waals surface area contributed by atoms with Gasteiger partial charge in [0, 0.05) is 31.9 Å². The van der Waals surface area contributed by atoms with Crippen LogP contribution in [0.25, 0.3) is 0 Å². The summed E-state index contributed by atoms with van der Waals surface area (Å²) in [4.78, 5) is 12.7. The van der Waals surface area contributed by atoms with Crippen molar-refractivity contribution in [1.82, 2.24) is 4.31 Å². The number of sulfonamides is 2. The molecule has 0 aromatic heterocycles. The molecule has 1 saturated heterocycles. The summed E-state index contributed by atoms with van der Waals surface area (Å²) in [5.41, 5.74) is 2.09. The average molecular weight is 438 g/mol. The van der Waals surface area contributed by atoms with Crippen LogP contribution in [0.15, 0.2) is 47.4 Å². The van der Waals surface area contributed by atoms with Crippen molar-refractivity contribution in [3.05, 3.63) is 53.6 Å². The van der Waals surface area contributed by atoms with Crippen molar-refractivity contribution < 1.29 is 21.6 Å². The van der Waals surface area contributed by atoms with Crippen LogP contribution < -0.4 is 9.62 Å². The molecule has 0 atom stereocenters. The zero-order valence-corrected chi connectivity index (χ0v) is 18.0. The van der Waals surface area contributed by atoms with Crippen LogP contribution in [0.4, 0.5) is 11.4 Å². The molecule has 0 radical (unpaired) electrons. The number of amides is 1. The minimum Gasteiger partial charge on any atom is -0.322 e. The molecule has 0 spiro atoms. The Morgan fingerprint density at radius 2 is 1.76 bits per heavy atom. The van der Waals surface area contributed by atoms with Crippen molar-refractivity contribution in [2.75, 3.05) is 36.0 Å². The Kier molecular flexibility index (Phi) is 5.70. The van der Waals surface area contributed by atoms with Crippen LogP contribution in [0.2, 0.25) is 0 Å². The molecule has 1 heterocycles. The first-order chi connectivity index (χ1) is 13.5. The smallest absolute Gasteiger partial charge is 0.255 e. The number of carbonyl (C=O) groups is 1. The standard InChI is InChI=1S/C19H23N3O5S2/c1-14-5-8-16(22-11-4-12-28(22,24)25)13-18(14)20-19(23)15-6-9-17(10-7-15)29(26,27)21(2)3/h5-10,13H,4,11-12H2,1-3H3,(H,20,23). The van der Waals surface area contributed by atoms with Crippen LogP contribution >= 0.6 is 0 Å². The molecule has 8 nitrogen and oxygen atoms in total. The van der Waals surface area contributed by atoms with Gasteiger partial charge >= 0.3 is 0 Å². The highest BCUT2D eigenvalue weighted by Gasteiger charge is 2.28. The highest BCUT2D eigenvalue weighted by Crippen LogP contribution is 2.29. The molecule has 0 saturated carbocycles. The molecule has 1 aliphatic rings. The molecule has 0 bridgehead atoms. The summed E-state index contributed by atoms with van der Waals surface area (Å²) < 4.78 is 51.0. The molecule has 1 fully saturated rings. The summed E-state index contributed by atoms with van der Waals surface area (Å²) in [6, 6.07) is 10.8. The Hall–Kier alpha value is -2.43. The van der Waals surface area contributed by atoms with Gasteiger partial charge in [-0.25, -0.2) is 21.1 Å². The molecule has 3 rings (SSSR count). The maximum absolute atomic E-state index is 12.6. The summed E-state index contributed by atoms with van der Waals surface area (Å²) in [7, 11) is -4.01. The molecular formula is C19H23N3O5S2. The number of nitrogens with one attached hydrogen (secondary N) is 1. The van der Waals surface area contributed by atoms with E-state index in [-0.39, 0.29) is 10.6 Å². The van der Waals surface area contributed by atoms with E-state index in [4.69, 9.17) is 0 Å². The summed E-state index contributed by atoms with van der Waals surface area (Å²) in [6.45, 7) is 2.23. The lowest BCUT2D eigenvalue weighted by molar-refractivity contribution is 0.102. The quantitative estimate of drug-likeness (QED) is 0.771. The van der Waals surface area contributed by atoms with Gasteiger partial charge in [-0.3, -0.25) is 9.10 Å². The minimum atomic E-state index is -3.57. The van der Waals surface area contributed by atoms with Gasteiger partial charge in [0.1, 0.15) is 0 Å². The number of hydrogen-bond acceptors (Lipinski definition) is 5. The monoisotopic (exact) mass is 437 g/mol. The number of rotatable bonds is 5. The summed E-state index contributed by atoms with van der Waals surface area (Å²) >= 11 is 0. The van der Waals surface area contributed by atoms with E-state index < -0.39 is 26.0 Å². The first kappa shape index (κ1) is 21.3. The van der Waals surface area contributed by atoms with Crippen molar-refractivity contribution >= 4 is 37.3 Å². The Balaban J connectivity index is 1.83. The third-order valence-corrected chi connectivity index (χ3v) is 8.45. The maximum Gasteiger partial charge on any atom is 0.255 e. The van der Waals surface area contributed by atoms with Gasteiger partial charge in [-0.15, -0.1) is 0 Å². The van der Waals surface area contributed by atoms with Crippen LogP contribution in [0.5, 0.6) is 0 Å². The van der Waals surface area contributed by atoms with E-state index in [0.29, 0.717) is 29.9 Å². The van der Waals surface area contributed by atoms with Gasteiger partial charge in [0.25, 0.3) is 5.91 Å². The molecule has 0 unspecified atom stereocenters. The Morgan fingerprint density at radius 1 is 1.10 bits per heavy atom. The fourth-order valence-electron chi connectivity index (χ4n) is 3.01. The summed E-state index contributed by atoms with van der Waals surface area (Å²) in [5.74, 6) is -0.298. The Labute approximate surface area is 171 Å². The molecule has 2 aromatic carbocycles. The van der Waals surface area contributed by atoms with Gasteiger partial charge in [0.05, 0.1) is 16.3 Å². The van der Waals surface area contributed by atoms with Gasteiger partial charge < -0.3 is 5.32 Å². The maximum atomic E-state index is 12.6. The Morgan fingerprint density at radius 3 is 2.31 bits per heavy atom. The number of carbonyl (C=O) groups excluding carboxylic acids is 1. The van der Waals surface area contributed by atoms with Gasteiger partial charge in [-0.2, -0.15) is 0 Å². The highest BCUT2D eigenvalue weighted by molar-refractivity contribution is 7.93. The number of nitrogens with zero attached hydrogens (tertiary/aromatic N) is 2. The van der Waals surface area contributed by atoms with Crippen molar-refractivity contribution in [1.29, 1.82) is 0 Å². The van der Waals surface area contributed by atoms with Crippen LogP contribution in [0, 0.1) is 6.92 Å². The lowest BCUT2D eigenvalue weighted by atomic mass is 10.1. The molecule has 10 heteroatoms. The topological polar surface area (TPSA) is 104 Å². The van der Waals surface area contributed by atoms with Crippen molar-refractivity contribution in [3.63, 3.8) is 0 Å². The second-order valence-electron chi connectivity index (χ2n) is 7.01. The second-order valence-corrected chi connectivity index (χ2v) is 11.2. The molecule has 2 aromatic rings. The predicted molar refractivity (Wildman–Crippen MR) is 112 cm³/mol. The molecule has 156 valence electrons. The zero-order valence-electron chi connectivity index (χ0n) is 16.4. The molecule has 1 aliphatic heterocycles. The largest absolute Gasteiger partial charge is 0.322 e. The minimum absolute atomic E-state index is 0.0940. The third kappa shape index (κ3) is 4.29. The predicted octanol–water partition coefficient (Wildman–Crippen LogP) is 2.04. The highest BCUT2D eigenvalue weighted by atomic mass is 32.2. The van der Waals surface area contributed by atoms with Crippen molar-refractivity contribution in [2.24, 2.45) is 0 Å². The van der Waals surface area contributed by atoms with Crippen LogP contribution in [-0.2, 0) is 20.0 Å². The van der Waals surface area contributed by atoms with E-state index in [0.717, 1.165) is 9.87 Å². The molecule has 0 aliphatic carbocycles. The number of benzene rings is 2.